The molecule has 0 amide bonds. The predicted molar refractivity (Wildman–Crippen MR) is 57.6 cm³/mol. The Morgan fingerprint density at radius 1 is 1.27 bits per heavy atom. The van der Waals surface area contributed by atoms with Crippen molar-refractivity contribution in [3.8, 4) is 6.07 Å². The molecule has 0 N–H and O–H groups in total. The smallest absolute Gasteiger partial charge is 0.169 e. The van der Waals surface area contributed by atoms with Crippen molar-refractivity contribution >= 4 is 11.6 Å². The van der Waals surface area contributed by atoms with Gasteiger partial charge >= 0.3 is 0 Å². The van der Waals surface area contributed by atoms with Crippen molar-refractivity contribution in [2.24, 2.45) is 0 Å². The van der Waals surface area contributed by atoms with Crippen LogP contribution in [0.2, 0.25) is 5.15 Å². The summed E-state index contributed by atoms with van der Waals surface area (Å²) in [7, 11) is 0. The van der Waals surface area contributed by atoms with E-state index in [2.05, 4.69) is 10.2 Å². The lowest BCUT2D eigenvalue weighted by Gasteiger charge is -2.20. The maximum Gasteiger partial charge on any atom is 0.169 e. The second-order valence-electron chi connectivity index (χ2n) is 3.92. The van der Waals surface area contributed by atoms with Crippen molar-refractivity contribution in [2.45, 2.75) is 38.0 Å². The van der Waals surface area contributed by atoms with Crippen LogP contribution < -0.4 is 0 Å². The molecule has 4 heteroatoms. The highest BCUT2D eigenvalue weighted by molar-refractivity contribution is 6.30. The van der Waals surface area contributed by atoms with E-state index >= 15 is 0 Å². The Morgan fingerprint density at radius 3 is 2.67 bits per heavy atom. The summed E-state index contributed by atoms with van der Waals surface area (Å²) in [6, 6.07) is 3.82. The lowest BCUT2D eigenvalue weighted by Crippen LogP contribution is -2.08. The average molecular weight is 222 g/mol. The zero-order chi connectivity index (χ0) is 10.7. The van der Waals surface area contributed by atoms with Gasteiger partial charge in [-0.1, -0.05) is 30.9 Å². The van der Waals surface area contributed by atoms with Crippen molar-refractivity contribution in [2.75, 3.05) is 0 Å². The summed E-state index contributed by atoms with van der Waals surface area (Å²) in [5.41, 5.74) is 1.36. The van der Waals surface area contributed by atoms with Crippen LogP contribution in [0.1, 0.15) is 49.3 Å². The Morgan fingerprint density at radius 2 is 2.00 bits per heavy atom. The van der Waals surface area contributed by atoms with Crippen LogP contribution in [0.25, 0.3) is 0 Å². The van der Waals surface area contributed by atoms with Crippen LogP contribution in [0.4, 0.5) is 0 Å². The van der Waals surface area contributed by atoms with Gasteiger partial charge in [0, 0.05) is 5.92 Å². The molecule has 15 heavy (non-hydrogen) atoms. The lowest BCUT2D eigenvalue weighted by molar-refractivity contribution is 0.434. The maximum absolute atomic E-state index is 8.84. The first-order valence-corrected chi connectivity index (χ1v) is 5.62. The first-order chi connectivity index (χ1) is 7.31. The number of hydrogen-bond acceptors (Lipinski definition) is 3. The summed E-state index contributed by atoms with van der Waals surface area (Å²) >= 11 is 5.74. The average Bonchev–Trinajstić information content (AvgIpc) is 2.31. The SMILES string of the molecule is N#Cc1cc(C2CCCCC2)nnc1Cl. The van der Waals surface area contributed by atoms with Crippen molar-refractivity contribution in [3.63, 3.8) is 0 Å². The van der Waals surface area contributed by atoms with Crippen LogP contribution in [-0.4, -0.2) is 10.2 Å². The summed E-state index contributed by atoms with van der Waals surface area (Å²) in [6.07, 6.45) is 6.11. The fraction of sp³-hybridized carbons (Fsp3) is 0.545. The molecule has 1 aliphatic carbocycles. The minimum Gasteiger partial charge on any atom is -0.192 e. The molecular formula is C11H12ClN3. The van der Waals surface area contributed by atoms with E-state index in [1.807, 2.05) is 6.07 Å². The number of rotatable bonds is 1. The van der Waals surface area contributed by atoms with Crippen LogP contribution in [-0.2, 0) is 0 Å². The number of aromatic nitrogens is 2. The molecule has 1 heterocycles. The van der Waals surface area contributed by atoms with Crippen LogP contribution >= 0.6 is 11.6 Å². The van der Waals surface area contributed by atoms with E-state index < -0.39 is 0 Å². The molecule has 0 unspecified atom stereocenters. The minimum atomic E-state index is 0.206. The molecule has 1 aromatic rings. The molecule has 0 atom stereocenters. The molecule has 1 aromatic heterocycles. The fourth-order valence-corrected chi connectivity index (χ4v) is 2.20. The van der Waals surface area contributed by atoms with Gasteiger partial charge in [0.1, 0.15) is 6.07 Å². The molecule has 0 radical (unpaired) electrons. The van der Waals surface area contributed by atoms with Crippen molar-refractivity contribution in [1.82, 2.24) is 10.2 Å². The summed E-state index contributed by atoms with van der Waals surface area (Å²) in [4.78, 5) is 0. The normalized spacial score (nSPS) is 17.3. The van der Waals surface area contributed by atoms with E-state index in [0.29, 0.717) is 11.5 Å². The molecular weight excluding hydrogens is 210 g/mol. The Kier molecular flexibility index (Phi) is 3.17. The Labute approximate surface area is 94.1 Å². The third kappa shape index (κ3) is 2.27. The van der Waals surface area contributed by atoms with E-state index in [9.17, 15) is 0 Å². The van der Waals surface area contributed by atoms with E-state index in [1.165, 1.54) is 19.3 Å². The molecule has 0 spiro atoms. The van der Waals surface area contributed by atoms with Gasteiger partial charge in [-0.2, -0.15) is 10.4 Å². The molecule has 0 aromatic carbocycles. The third-order valence-corrected chi connectivity index (χ3v) is 3.19. The van der Waals surface area contributed by atoms with Gasteiger partial charge in [-0.15, -0.1) is 5.10 Å². The molecule has 0 bridgehead atoms. The van der Waals surface area contributed by atoms with Gasteiger partial charge in [0.05, 0.1) is 11.3 Å². The molecule has 1 aliphatic rings. The number of nitriles is 1. The van der Waals surface area contributed by atoms with Gasteiger partial charge in [-0.3, -0.25) is 0 Å². The third-order valence-electron chi connectivity index (χ3n) is 2.91. The topological polar surface area (TPSA) is 49.6 Å². The number of nitrogens with zero attached hydrogens (tertiary/aromatic N) is 3. The highest BCUT2D eigenvalue weighted by atomic mass is 35.5. The van der Waals surface area contributed by atoms with E-state index in [-0.39, 0.29) is 5.15 Å². The minimum absolute atomic E-state index is 0.206. The van der Waals surface area contributed by atoms with E-state index in [0.717, 1.165) is 18.5 Å². The van der Waals surface area contributed by atoms with Gasteiger partial charge in [-0.05, 0) is 18.9 Å². The largest absolute Gasteiger partial charge is 0.192 e. The van der Waals surface area contributed by atoms with E-state index in [4.69, 9.17) is 16.9 Å². The molecule has 0 aliphatic heterocycles. The second kappa shape index (κ2) is 4.59. The monoisotopic (exact) mass is 221 g/mol. The van der Waals surface area contributed by atoms with Crippen LogP contribution in [0.3, 0.4) is 0 Å². The zero-order valence-corrected chi connectivity index (χ0v) is 9.17. The van der Waals surface area contributed by atoms with Gasteiger partial charge in [0.2, 0.25) is 0 Å². The quantitative estimate of drug-likeness (QED) is 0.732. The number of halogens is 1. The highest BCUT2D eigenvalue weighted by Crippen LogP contribution is 2.31. The predicted octanol–water partition coefficient (Wildman–Crippen LogP) is 3.05. The van der Waals surface area contributed by atoms with Crippen molar-refractivity contribution in [1.29, 1.82) is 5.26 Å². The van der Waals surface area contributed by atoms with Gasteiger partial charge in [0.25, 0.3) is 0 Å². The Hall–Kier alpha value is -1.14. The van der Waals surface area contributed by atoms with E-state index in [1.54, 1.807) is 6.07 Å². The van der Waals surface area contributed by atoms with Crippen molar-refractivity contribution in [3.05, 3.63) is 22.5 Å². The standard InChI is InChI=1S/C11H12ClN3/c12-11-9(7-13)6-10(14-15-11)8-4-2-1-3-5-8/h6,8H,1-5H2. The number of hydrogen-bond donors (Lipinski definition) is 0. The van der Waals surface area contributed by atoms with Gasteiger partial charge in [-0.25, -0.2) is 0 Å². The second-order valence-corrected chi connectivity index (χ2v) is 4.28. The molecule has 1 fully saturated rings. The zero-order valence-electron chi connectivity index (χ0n) is 8.41. The molecule has 78 valence electrons. The molecule has 0 saturated heterocycles. The first kappa shape index (κ1) is 10.4. The first-order valence-electron chi connectivity index (χ1n) is 5.24. The highest BCUT2D eigenvalue weighted by Gasteiger charge is 2.18. The molecule has 1 saturated carbocycles. The fourth-order valence-electron chi connectivity index (χ4n) is 2.07. The van der Waals surface area contributed by atoms with Crippen LogP contribution in [0, 0.1) is 11.3 Å². The lowest BCUT2D eigenvalue weighted by atomic mass is 9.86. The van der Waals surface area contributed by atoms with Gasteiger partial charge < -0.3 is 0 Å². The van der Waals surface area contributed by atoms with Gasteiger partial charge in [0.15, 0.2) is 5.15 Å². The summed E-state index contributed by atoms with van der Waals surface area (Å²) in [6.45, 7) is 0. The maximum atomic E-state index is 8.84. The summed E-state index contributed by atoms with van der Waals surface area (Å²) in [5.74, 6) is 0.468. The Bertz CT molecular complexity index is 391. The summed E-state index contributed by atoms with van der Waals surface area (Å²) in [5, 5.41) is 16.9. The molecule has 3 nitrogen and oxygen atoms in total. The molecule has 2 rings (SSSR count). The van der Waals surface area contributed by atoms with Crippen molar-refractivity contribution < 1.29 is 0 Å². The van der Waals surface area contributed by atoms with Crippen LogP contribution in [0.15, 0.2) is 6.07 Å². The summed E-state index contributed by atoms with van der Waals surface area (Å²) < 4.78 is 0. The van der Waals surface area contributed by atoms with Crippen LogP contribution in [0.5, 0.6) is 0 Å². The Balaban J connectivity index is 2.25.